The molecule has 0 heteroatoms. The fourth-order valence-electron chi connectivity index (χ4n) is 1.52. The van der Waals surface area contributed by atoms with Crippen LogP contribution in [0.5, 0.6) is 0 Å². The van der Waals surface area contributed by atoms with Crippen LogP contribution in [0.1, 0.15) is 37.5 Å². The average molecular weight is 200 g/mol. The third-order valence-electron chi connectivity index (χ3n) is 2.25. The first-order valence-electron chi connectivity index (χ1n) is 5.52. The quantitative estimate of drug-likeness (QED) is 0.599. The van der Waals surface area contributed by atoms with E-state index in [9.17, 15) is 0 Å². The zero-order chi connectivity index (χ0) is 11.7. The molecule has 0 amide bonds. The van der Waals surface area contributed by atoms with Gasteiger partial charge < -0.3 is 0 Å². The number of benzene rings is 1. The Morgan fingerprint density at radius 3 is 2.47 bits per heavy atom. The summed E-state index contributed by atoms with van der Waals surface area (Å²) in [5.41, 5.74) is 4.34. The number of terminal acetylenes is 1. The topological polar surface area (TPSA) is 0 Å². The maximum atomic E-state index is 4.00. The van der Waals surface area contributed by atoms with E-state index in [2.05, 4.69) is 50.1 Å². The zero-order valence-electron chi connectivity index (χ0n) is 9.96. The lowest BCUT2D eigenvalue weighted by Gasteiger charge is -2.00. The van der Waals surface area contributed by atoms with Gasteiger partial charge in [-0.1, -0.05) is 51.1 Å². The van der Waals surface area contributed by atoms with Crippen molar-refractivity contribution in [2.24, 2.45) is 0 Å². The van der Waals surface area contributed by atoms with Crippen LogP contribution in [0.2, 0.25) is 0 Å². The molecule has 0 unspecified atom stereocenters. The molecule has 1 aromatic carbocycles. The number of hydrogen-bond donors (Lipinski definition) is 0. The largest absolute Gasteiger partial charge is 0.124 e. The van der Waals surface area contributed by atoms with Crippen LogP contribution in [-0.2, 0) is 12.8 Å². The maximum Gasteiger partial charge on any atom is -0.00882 e. The summed E-state index contributed by atoms with van der Waals surface area (Å²) < 4.78 is 0. The van der Waals surface area contributed by atoms with Crippen LogP contribution in [0.15, 0.2) is 24.3 Å². The summed E-state index contributed by atoms with van der Waals surface area (Å²) in [4.78, 5) is 0. The molecular weight excluding hydrogens is 180 g/mol. The fraction of sp³-hybridized carbons (Fsp3) is 0.333. The van der Waals surface area contributed by atoms with Crippen LogP contribution in [-0.4, -0.2) is 0 Å². The second kappa shape index (κ2) is 7.88. The first-order valence-corrected chi connectivity index (χ1v) is 5.52. The Hall–Kier alpha value is -1.48. The van der Waals surface area contributed by atoms with Gasteiger partial charge in [-0.25, -0.2) is 0 Å². The van der Waals surface area contributed by atoms with Crippen molar-refractivity contribution in [3.63, 3.8) is 0 Å². The lowest BCUT2D eigenvalue weighted by atomic mass is 10.1. The van der Waals surface area contributed by atoms with Gasteiger partial charge in [0.1, 0.15) is 0 Å². The van der Waals surface area contributed by atoms with Crippen LogP contribution >= 0.6 is 0 Å². The lowest BCUT2D eigenvalue weighted by molar-refractivity contribution is 1.13. The Kier molecular flexibility index (Phi) is 7.10. The van der Waals surface area contributed by atoms with E-state index in [4.69, 9.17) is 0 Å². The zero-order valence-corrected chi connectivity index (χ0v) is 9.96. The minimum atomic E-state index is 1.12. The van der Waals surface area contributed by atoms with Crippen LogP contribution in [0.4, 0.5) is 0 Å². The minimum absolute atomic E-state index is 1.12. The molecule has 0 radical (unpaired) electrons. The molecule has 1 aliphatic rings. The molecular formula is C15H20. The number of hydrogen-bond acceptors (Lipinski definition) is 0. The third-order valence-corrected chi connectivity index (χ3v) is 2.25. The first-order chi connectivity index (χ1) is 7.40. The van der Waals surface area contributed by atoms with Crippen molar-refractivity contribution in [2.45, 2.75) is 33.6 Å². The van der Waals surface area contributed by atoms with E-state index < -0.39 is 0 Å². The van der Waals surface area contributed by atoms with Gasteiger partial charge in [-0.3, -0.25) is 0 Å². The molecule has 0 aromatic heterocycles. The molecule has 0 atom stereocenters. The molecule has 1 aliphatic carbocycles. The van der Waals surface area contributed by atoms with Gasteiger partial charge in [-0.2, -0.15) is 0 Å². The van der Waals surface area contributed by atoms with Gasteiger partial charge in [0.05, 0.1) is 0 Å². The molecule has 1 aromatic rings. The van der Waals surface area contributed by atoms with E-state index in [0.29, 0.717) is 0 Å². The number of aryl methyl sites for hydroxylation is 1. The predicted octanol–water partition coefficient (Wildman–Crippen LogP) is 4.09. The number of fused-ring (bicyclic) bond motifs is 1. The fourth-order valence-corrected chi connectivity index (χ4v) is 1.52. The van der Waals surface area contributed by atoms with Gasteiger partial charge in [0.2, 0.25) is 0 Å². The van der Waals surface area contributed by atoms with E-state index in [1.54, 1.807) is 0 Å². The summed E-state index contributed by atoms with van der Waals surface area (Å²) in [7, 11) is 0. The molecule has 0 saturated carbocycles. The monoisotopic (exact) mass is 200 g/mol. The molecule has 15 heavy (non-hydrogen) atoms. The molecule has 0 aliphatic heterocycles. The SMILES string of the molecule is C#C.CC.CCc1ccc2c(c1)C=CC2. The second-order valence-corrected chi connectivity index (χ2v) is 2.99. The van der Waals surface area contributed by atoms with Crippen molar-refractivity contribution >= 4 is 6.08 Å². The molecule has 0 nitrogen and oxygen atoms in total. The minimum Gasteiger partial charge on any atom is -0.124 e. The van der Waals surface area contributed by atoms with E-state index in [0.717, 1.165) is 12.8 Å². The Morgan fingerprint density at radius 2 is 1.87 bits per heavy atom. The van der Waals surface area contributed by atoms with Gasteiger partial charge in [-0.05, 0) is 29.5 Å². The molecule has 2 rings (SSSR count). The van der Waals surface area contributed by atoms with Crippen molar-refractivity contribution in [1.29, 1.82) is 0 Å². The van der Waals surface area contributed by atoms with Gasteiger partial charge >= 0.3 is 0 Å². The van der Waals surface area contributed by atoms with Gasteiger partial charge in [0.15, 0.2) is 0 Å². The Labute approximate surface area is 94.0 Å². The maximum absolute atomic E-state index is 4.00. The standard InChI is InChI=1S/C11H12.C2H6.C2H2/c1-2-9-6-7-10-4-3-5-11(10)8-9;2*1-2/h3,5-8H,2,4H2,1H3;1-2H3;1-2H. The van der Waals surface area contributed by atoms with Crippen LogP contribution in [0.25, 0.3) is 6.08 Å². The second-order valence-electron chi connectivity index (χ2n) is 2.99. The highest BCUT2D eigenvalue weighted by Crippen LogP contribution is 2.20. The first kappa shape index (κ1) is 13.5. The number of rotatable bonds is 1. The Bertz CT molecular complexity index is 329. The molecule has 80 valence electrons. The van der Waals surface area contributed by atoms with Crippen LogP contribution in [0.3, 0.4) is 0 Å². The highest BCUT2D eigenvalue weighted by atomic mass is 14.1. The van der Waals surface area contributed by atoms with Gasteiger partial charge in [0.25, 0.3) is 0 Å². The Balaban J connectivity index is 0.000000442. The summed E-state index contributed by atoms with van der Waals surface area (Å²) in [6.07, 6.45) is 14.7. The molecule has 0 heterocycles. The van der Waals surface area contributed by atoms with Gasteiger partial charge in [0, 0.05) is 0 Å². The van der Waals surface area contributed by atoms with E-state index in [1.807, 2.05) is 13.8 Å². The molecule has 0 bridgehead atoms. The Morgan fingerprint density at radius 1 is 1.20 bits per heavy atom. The van der Waals surface area contributed by atoms with Crippen LogP contribution < -0.4 is 0 Å². The normalized spacial score (nSPS) is 10.5. The molecule has 0 spiro atoms. The lowest BCUT2D eigenvalue weighted by Crippen LogP contribution is -1.84. The molecule has 0 fully saturated rings. The van der Waals surface area contributed by atoms with Crippen molar-refractivity contribution in [2.75, 3.05) is 0 Å². The number of allylic oxidation sites excluding steroid dienone is 1. The highest BCUT2D eigenvalue weighted by molar-refractivity contribution is 5.60. The summed E-state index contributed by atoms with van der Waals surface area (Å²) in [6.45, 7) is 6.19. The summed E-state index contributed by atoms with van der Waals surface area (Å²) >= 11 is 0. The van der Waals surface area contributed by atoms with Crippen LogP contribution in [0, 0.1) is 12.8 Å². The van der Waals surface area contributed by atoms with E-state index in [-0.39, 0.29) is 0 Å². The van der Waals surface area contributed by atoms with Gasteiger partial charge in [-0.15, -0.1) is 12.8 Å². The van der Waals surface area contributed by atoms with Crippen molar-refractivity contribution in [1.82, 2.24) is 0 Å². The highest BCUT2D eigenvalue weighted by Gasteiger charge is 2.03. The summed E-state index contributed by atoms with van der Waals surface area (Å²) in [6, 6.07) is 6.76. The third kappa shape index (κ3) is 3.64. The average Bonchev–Trinajstić information content (AvgIpc) is 2.81. The van der Waals surface area contributed by atoms with Crippen molar-refractivity contribution < 1.29 is 0 Å². The molecule has 0 N–H and O–H groups in total. The van der Waals surface area contributed by atoms with E-state index >= 15 is 0 Å². The summed E-state index contributed by atoms with van der Waals surface area (Å²) in [5, 5.41) is 0. The van der Waals surface area contributed by atoms with Crippen molar-refractivity contribution in [3.8, 4) is 12.8 Å². The van der Waals surface area contributed by atoms with E-state index in [1.165, 1.54) is 16.7 Å². The predicted molar refractivity (Wildman–Crippen MR) is 69.8 cm³/mol. The molecule has 0 saturated heterocycles. The van der Waals surface area contributed by atoms with Crippen molar-refractivity contribution in [3.05, 3.63) is 41.0 Å². The summed E-state index contributed by atoms with van der Waals surface area (Å²) in [5.74, 6) is 0. The smallest absolute Gasteiger partial charge is 0.00882 e.